The molecule has 0 spiro atoms. The average molecular weight is 395 g/mol. The summed E-state index contributed by atoms with van der Waals surface area (Å²) in [5.74, 6) is 1.10. The number of amides is 1. The Bertz CT molecular complexity index is 980. The Morgan fingerprint density at radius 2 is 1.86 bits per heavy atom. The molecule has 0 bridgehead atoms. The summed E-state index contributed by atoms with van der Waals surface area (Å²) in [4.78, 5) is 12.5. The minimum Gasteiger partial charge on any atom is -0.325 e. The number of benzene rings is 2. The SMILES string of the molecule is CCCn1c(SCC(=O)Nc2cc(C)ccc2C)nnc1-c1cccc(C)c1. The smallest absolute Gasteiger partial charge is 0.234 e. The van der Waals surface area contributed by atoms with Crippen molar-refractivity contribution < 1.29 is 4.79 Å². The van der Waals surface area contributed by atoms with Crippen LogP contribution in [0, 0.1) is 20.8 Å². The first kappa shape index (κ1) is 20.1. The molecule has 1 amide bonds. The number of nitrogens with zero attached hydrogens (tertiary/aromatic N) is 3. The number of rotatable bonds is 7. The minimum absolute atomic E-state index is 0.0399. The van der Waals surface area contributed by atoms with Crippen LogP contribution < -0.4 is 5.32 Å². The zero-order chi connectivity index (χ0) is 20.1. The molecule has 0 fully saturated rings. The van der Waals surface area contributed by atoms with E-state index in [9.17, 15) is 4.79 Å². The van der Waals surface area contributed by atoms with Gasteiger partial charge in [-0.3, -0.25) is 4.79 Å². The first-order valence-electron chi connectivity index (χ1n) is 9.48. The van der Waals surface area contributed by atoms with Gasteiger partial charge < -0.3 is 9.88 Å². The summed E-state index contributed by atoms with van der Waals surface area (Å²) < 4.78 is 2.10. The molecule has 1 N–H and O–H groups in total. The van der Waals surface area contributed by atoms with Gasteiger partial charge in [-0.2, -0.15) is 0 Å². The van der Waals surface area contributed by atoms with E-state index in [1.54, 1.807) is 0 Å². The van der Waals surface area contributed by atoms with Crippen LogP contribution in [0.25, 0.3) is 11.4 Å². The van der Waals surface area contributed by atoms with Crippen molar-refractivity contribution in [3.63, 3.8) is 0 Å². The van der Waals surface area contributed by atoms with Gasteiger partial charge in [0.1, 0.15) is 0 Å². The molecule has 0 aliphatic heterocycles. The highest BCUT2D eigenvalue weighted by atomic mass is 32.2. The lowest BCUT2D eigenvalue weighted by Gasteiger charge is -2.11. The number of anilines is 1. The van der Waals surface area contributed by atoms with Crippen molar-refractivity contribution in [1.29, 1.82) is 0 Å². The molecule has 0 unspecified atom stereocenters. The number of hydrogen-bond acceptors (Lipinski definition) is 4. The molecule has 0 saturated heterocycles. The second kappa shape index (κ2) is 9.06. The molecule has 3 rings (SSSR count). The summed E-state index contributed by atoms with van der Waals surface area (Å²) in [5.41, 5.74) is 5.28. The Morgan fingerprint density at radius 1 is 1.07 bits per heavy atom. The van der Waals surface area contributed by atoms with Crippen LogP contribution in [0.2, 0.25) is 0 Å². The highest BCUT2D eigenvalue weighted by Crippen LogP contribution is 2.25. The van der Waals surface area contributed by atoms with Gasteiger partial charge in [0.15, 0.2) is 11.0 Å². The number of nitrogens with one attached hydrogen (secondary N) is 1. The van der Waals surface area contributed by atoms with E-state index in [2.05, 4.69) is 46.1 Å². The molecule has 28 heavy (non-hydrogen) atoms. The highest BCUT2D eigenvalue weighted by Gasteiger charge is 2.15. The van der Waals surface area contributed by atoms with Gasteiger partial charge in [0, 0.05) is 17.8 Å². The standard InChI is InChI=1S/C22H26N4OS/c1-5-11-26-21(18-8-6-7-15(2)12-18)24-25-22(26)28-14-20(27)23-19-13-16(3)9-10-17(19)4/h6-10,12-13H,5,11,14H2,1-4H3,(H,23,27). The van der Waals surface area contributed by atoms with E-state index in [4.69, 9.17) is 0 Å². The Kier molecular flexibility index (Phi) is 6.52. The molecule has 0 saturated carbocycles. The lowest BCUT2D eigenvalue weighted by Crippen LogP contribution is -2.15. The molecule has 146 valence electrons. The molecular formula is C22H26N4OS. The van der Waals surface area contributed by atoms with Crippen molar-refractivity contribution in [1.82, 2.24) is 14.8 Å². The monoisotopic (exact) mass is 394 g/mol. The fourth-order valence-electron chi connectivity index (χ4n) is 3.01. The molecule has 0 atom stereocenters. The third-order valence-corrected chi connectivity index (χ3v) is 5.41. The molecule has 3 aromatic rings. The summed E-state index contributed by atoms with van der Waals surface area (Å²) in [7, 11) is 0. The van der Waals surface area contributed by atoms with Crippen LogP contribution >= 0.6 is 11.8 Å². The number of thioether (sulfide) groups is 1. The van der Waals surface area contributed by atoms with Crippen molar-refractivity contribution >= 4 is 23.4 Å². The molecular weight excluding hydrogens is 368 g/mol. The van der Waals surface area contributed by atoms with E-state index in [1.165, 1.54) is 17.3 Å². The van der Waals surface area contributed by atoms with Gasteiger partial charge in [-0.05, 0) is 50.5 Å². The van der Waals surface area contributed by atoms with Gasteiger partial charge in [0.2, 0.25) is 5.91 Å². The van der Waals surface area contributed by atoms with Crippen molar-refractivity contribution in [3.05, 3.63) is 59.2 Å². The third kappa shape index (κ3) is 4.81. The van der Waals surface area contributed by atoms with Gasteiger partial charge in [-0.1, -0.05) is 54.6 Å². The molecule has 6 heteroatoms. The summed E-state index contributed by atoms with van der Waals surface area (Å²) in [6.07, 6.45) is 0.971. The number of aryl methyl sites for hydroxylation is 3. The summed E-state index contributed by atoms with van der Waals surface area (Å²) >= 11 is 1.42. The highest BCUT2D eigenvalue weighted by molar-refractivity contribution is 7.99. The van der Waals surface area contributed by atoms with E-state index < -0.39 is 0 Å². The summed E-state index contributed by atoms with van der Waals surface area (Å²) in [6, 6.07) is 14.3. The van der Waals surface area contributed by atoms with E-state index in [1.807, 2.05) is 44.2 Å². The summed E-state index contributed by atoms with van der Waals surface area (Å²) in [6.45, 7) is 9.02. The molecule has 1 heterocycles. The molecule has 0 aliphatic carbocycles. The third-order valence-electron chi connectivity index (χ3n) is 4.44. The Labute approximate surface area is 170 Å². The summed E-state index contributed by atoms with van der Waals surface area (Å²) in [5, 5.41) is 12.5. The topological polar surface area (TPSA) is 59.8 Å². The maximum atomic E-state index is 12.5. The minimum atomic E-state index is -0.0399. The molecule has 5 nitrogen and oxygen atoms in total. The normalized spacial score (nSPS) is 10.9. The first-order chi connectivity index (χ1) is 13.5. The number of carbonyl (C=O) groups is 1. The van der Waals surface area contributed by atoms with Gasteiger partial charge in [-0.25, -0.2) is 0 Å². The van der Waals surface area contributed by atoms with Crippen molar-refractivity contribution in [3.8, 4) is 11.4 Å². The second-order valence-corrected chi connectivity index (χ2v) is 7.93. The fourth-order valence-corrected chi connectivity index (χ4v) is 3.77. The van der Waals surface area contributed by atoms with Gasteiger partial charge in [0.25, 0.3) is 0 Å². The van der Waals surface area contributed by atoms with Crippen molar-refractivity contribution in [2.24, 2.45) is 0 Å². The molecule has 2 aromatic carbocycles. The maximum absolute atomic E-state index is 12.5. The van der Waals surface area contributed by atoms with Crippen LogP contribution in [0.4, 0.5) is 5.69 Å². The van der Waals surface area contributed by atoms with E-state index >= 15 is 0 Å². The van der Waals surface area contributed by atoms with E-state index in [-0.39, 0.29) is 5.91 Å². The van der Waals surface area contributed by atoms with Crippen LogP contribution in [0.1, 0.15) is 30.0 Å². The molecule has 1 aromatic heterocycles. The average Bonchev–Trinajstić information content (AvgIpc) is 3.06. The van der Waals surface area contributed by atoms with E-state index in [0.29, 0.717) is 5.75 Å². The lowest BCUT2D eigenvalue weighted by atomic mass is 10.1. The quantitative estimate of drug-likeness (QED) is 0.572. The van der Waals surface area contributed by atoms with Crippen LogP contribution in [0.3, 0.4) is 0 Å². The lowest BCUT2D eigenvalue weighted by molar-refractivity contribution is -0.113. The molecule has 0 aliphatic rings. The van der Waals surface area contributed by atoms with Crippen LogP contribution in [-0.2, 0) is 11.3 Å². The second-order valence-electron chi connectivity index (χ2n) is 6.98. The van der Waals surface area contributed by atoms with E-state index in [0.717, 1.165) is 46.3 Å². The van der Waals surface area contributed by atoms with Gasteiger partial charge >= 0.3 is 0 Å². The Balaban J connectivity index is 1.73. The Hall–Kier alpha value is -2.60. The number of hydrogen-bond donors (Lipinski definition) is 1. The first-order valence-corrected chi connectivity index (χ1v) is 10.5. The van der Waals surface area contributed by atoms with Crippen LogP contribution in [0.5, 0.6) is 0 Å². The van der Waals surface area contributed by atoms with Gasteiger partial charge in [-0.15, -0.1) is 10.2 Å². The largest absolute Gasteiger partial charge is 0.325 e. The number of carbonyl (C=O) groups excluding carboxylic acids is 1. The zero-order valence-electron chi connectivity index (χ0n) is 16.8. The maximum Gasteiger partial charge on any atom is 0.234 e. The Morgan fingerprint density at radius 3 is 2.61 bits per heavy atom. The van der Waals surface area contributed by atoms with Crippen LogP contribution in [-0.4, -0.2) is 26.4 Å². The number of aromatic nitrogens is 3. The van der Waals surface area contributed by atoms with Crippen molar-refractivity contribution in [2.45, 2.75) is 45.8 Å². The van der Waals surface area contributed by atoms with Crippen molar-refractivity contribution in [2.75, 3.05) is 11.1 Å². The fraction of sp³-hybridized carbons (Fsp3) is 0.318. The predicted octanol–water partition coefficient (Wildman–Crippen LogP) is 5.01. The van der Waals surface area contributed by atoms with Gasteiger partial charge in [0.05, 0.1) is 5.75 Å². The molecule has 0 radical (unpaired) electrons. The predicted molar refractivity (Wildman–Crippen MR) is 116 cm³/mol. The zero-order valence-corrected chi connectivity index (χ0v) is 17.6. The van der Waals surface area contributed by atoms with Crippen LogP contribution in [0.15, 0.2) is 47.6 Å².